The first-order chi connectivity index (χ1) is 8.54. The molecule has 2 N–H and O–H groups in total. The van der Waals surface area contributed by atoms with Crippen molar-refractivity contribution in [2.45, 2.75) is 37.3 Å². The highest BCUT2D eigenvalue weighted by Gasteiger charge is 2.49. The third-order valence-electron chi connectivity index (χ3n) is 3.78. The monoisotopic (exact) mass is 255 g/mol. The summed E-state index contributed by atoms with van der Waals surface area (Å²) in [5, 5.41) is 12.9. The van der Waals surface area contributed by atoms with Crippen LogP contribution in [0.15, 0.2) is 11.3 Å². The fourth-order valence-electron chi connectivity index (χ4n) is 2.66. The number of amides is 1. The van der Waals surface area contributed by atoms with Crippen LogP contribution in [0.25, 0.3) is 0 Å². The second-order valence-corrected chi connectivity index (χ2v) is 4.69. The molecule has 100 valence electrons. The van der Waals surface area contributed by atoms with Crippen molar-refractivity contribution in [3.63, 3.8) is 0 Å². The summed E-state index contributed by atoms with van der Waals surface area (Å²) in [5.74, 6) is -1.54. The minimum Gasteiger partial charge on any atom is -0.509 e. The number of carbonyl (C=O) groups is 2. The standard InChI is InChI=1S/C12H17NO5/c1-17-7-3-5-12(6-4-7)9(14)8(10(15)13-12)11(16)18-2/h7,14H,3-6H2,1-2H3,(H,13,15). The molecule has 0 saturated heterocycles. The van der Waals surface area contributed by atoms with Crippen LogP contribution in [-0.4, -0.2) is 42.8 Å². The smallest absolute Gasteiger partial charge is 0.347 e. The molecule has 1 aliphatic heterocycles. The van der Waals surface area contributed by atoms with Gasteiger partial charge in [0, 0.05) is 7.11 Å². The molecular formula is C12H17NO5. The van der Waals surface area contributed by atoms with E-state index in [4.69, 9.17) is 4.74 Å². The molecule has 6 nitrogen and oxygen atoms in total. The molecule has 1 fully saturated rings. The molecule has 18 heavy (non-hydrogen) atoms. The van der Waals surface area contributed by atoms with Crippen molar-refractivity contribution >= 4 is 11.9 Å². The SMILES string of the molecule is COC(=O)C1=C(O)C2(CCC(OC)CC2)NC1=O. The number of methoxy groups -OCH3 is 2. The zero-order valence-electron chi connectivity index (χ0n) is 10.5. The maximum atomic E-state index is 11.7. The number of nitrogens with one attached hydrogen (secondary N) is 1. The van der Waals surface area contributed by atoms with Gasteiger partial charge in [0.1, 0.15) is 5.76 Å². The highest BCUT2D eigenvalue weighted by Crippen LogP contribution is 2.39. The van der Waals surface area contributed by atoms with Gasteiger partial charge in [0.15, 0.2) is 5.57 Å². The second-order valence-electron chi connectivity index (χ2n) is 4.69. The normalized spacial score (nSPS) is 31.7. The highest BCUT2D eigenvalue weighted by molar-refractivity contribution is 6.19. The van der Waals surface area contributed by atoms with E-state index in [9.17, 15) is 14.7 Å². The summed E-state index contributed by atoms with van der Waals surface area (Å²) in [6, 6.07) is 0. The van der Waals surface area contributed by atoms with E-state index in [1.807, 2.05) is 0 Å². The largest absolute Gasteiger partial charge is 0.509 e. The Balaban J connectivity index is 2.24. The third kappa shape index (κ3) is 1.86. The summed E-state index contributed by atoms with van der Waals surface area (Å²) in [5.41, 5.74) is -1.08. The lowest BCUT2D eigenvalue weighted by atomic mass is 9.79. The Kier molecular flexibility index (Phi) is 3.30. The molecule has 0 atom stereocenters. The topological polar surface area (TPSA) is 84.9 Å². The number of aliphatic hydroxyl groups excluding tert-OH is 1. The van der Waals surface area contributed by atoms with Crippen LogP contribution in [0.2, 0.25) is 0 Å². The Hall–Kier alpha value is -1.56. The first-order valence-electron chi connectivity index (χ1n) is 5.91. The summed E-state index contributed by atoms with van der Waals surface area (Å²) in [4.78, 5) is 23.2. The molecule has 1 saturated carbocycles. The van der Waals surface area contributed by atoms with Gasteiger partial charge >= 0.3 is 5.97 Å². The Morgan fingerprint density at radius 1 is 1.39 bits per heavy atom. The predicted molar refractivity (Wildman–Crippen MR) is 61.8 cm³/mol. The second kappa shape index (κ2) is 4.61. The average molecular weight is 255 g/mol. The highest BCUT2D eigenvalue weighted by atomic mass is 16.5. The molecule has 2 aliphatic rings. The number of carbonyl (C=O) groups excluding carboxylic acids is 2. The van der Waals surface area contributed by atoms with Crippen LogP contribution in [0.3, 0.4) is 0 Å². The van der Waals surface area contributed by atoms with E-state index in [0.717, 1.165) is 12.8 Å². The summed E-state index contributed by atoms with van der Waals surface area (Å²) in [7, 11) is 2.83. The summed E-state index contributed by atoms with van der Waals surface area (Å²) < 4.78 is 9.76. The van der Waals surface area contributed by atoms with Gasteiger partial charge in [-0.1, -0.05) is 0 Å². The maximum absolute atomic E-state index is 11.7. The zero-order valence-corrected chi connectivity index (χ0v) is 10.5. The van der Waals surface area contributed by atoms with Crippen LogP contribution in [0.4, 0.5) is 0 Å². The molecule has 0 radical (unpaired) electrons. The van der Waals surface area contributed by atoms with Gasteiger partial charge < -0.3 is 19.9 Å². The predicted octanol–water partition coefficient (Wildman–Crippen LogP) is 0.429. The van der Waals surface area contributed by atoms with Crippen molar-refractivity contribution in [2.24, 2.45) is 0 Å². The van der Waals surface area contributed by atoms with Crippen molar-refractivity contribution in [3.8, 4) is 0 Å². The van der Waals surface area contributed by atoms with Gasteiger partial charge in [-0.15, -0.1) is 0 Å². The molecule has 0 unspecified atom stereocenters. The fraction of sp³-hybridized carbons (Fsp3) is 0.667. The van der Waals surface area contributed by atoms with Crippen LogP contribution in [0, 0.1) is 0 Å². The van der Waals surface area contributed by atoms with Gasteiger partial charge in [-0.2, -0.15) is 0 Å². The molecule has 0 aromatic heterocycles. The number of rotatable bonds is 2. The number of esters is 1. The quantitative estimate of drug-likeness (QED) is 0.552. The van der Waals surface area contributed by atoms with Gasteiger partial charge in [-0.3, -0.25) is 4.79 Å². The van der Waals surface area contributed by atoms with Crippen molar-refractivity contribution in [3.05, 3.63) is 11.3 Å². The van der Waals surface area contributed by atoms with Crippen LogP contribution in [0.1, 0.15) is 25.7 Å². The van der Waals surface area contributed by atoms with E-state index in [-0.39, 0.29) is 17.4 Å². The molecule has 1 heterocycles. The van der Waals surface area contributed by atoms with E-state index >= 15 is 0 Å². The third-order valence-corrected chi connectivity index (χ3v) is 3.78. The Labute approximate surface area is 105 Å². The Morgan fingerprint density at radius 3 is 2.50 bits per heavy atom. The minimum atomic E-state index is -0.810. The van der Waals surface area contributed by atoms with E-state index < -0.39 is 17.4 Å². The van der Waals surface area contributed by atoms with Gasteiger partial charge in [0.25, 0.3) is 5.91 Å². The fourth-order valence-corrected chi connectivity index (χ4v) is 2.66. The van der Waals surface area contributed by atoms with E-state index in [1.165, 1.54) is 7.11 Å². The number of ether oxygens (including phenoxy) is 2. The molecule has 0 bridgehead atoms. The Morgan fingerprint density at radius 2 is 2.00 bits per heavy atom. The lowest BCUT2D eigenvalue weighted by molar-refractivity contribution is -0.137. The molecular weight excluding hydrogens is 238 g/mol. The van der Waals surface area contributed by atoms with Crippen molar-refractivity contribution < 1.29 is 24.2 Å². The van der Waals surface area contributed by atoms with Gasteiger partial charge in [0.2, 0.25) is 0 Å². The molecule has 0 aromatic rings. The van der Waals surface area contributed by atoms with E-state index in [1.54, 1.807) is 7.11 Å². The van der Waals surface area contributed by atoms with E-state index in [2.05, 4.69) is 10.1 Å². The van der Waals surface area contributed by atoms with Crippen molar-refractivity contribution in [1.82, 2.24) is 5.32 Å². The lowest BCUT2D eigenvalue weighted by Crippen LogP contribution is -2.48. The van der Waals surface area contributed by atoms with Crippen LogP contribution >= 0.6 is 0 Å². The van der Waals surface area contributed by atoms with Gasteiger partial charge in [-0.25, -0.2) is 4.79 Å². The molecule has 0 aromatic carbocycles. The zero-order chi connectivity index (χ0) is 13.3. The maximum Gasteiger partial charge on any atom is 0.347 e. The van der Waals surface area contributed by atoms with Crippen LogP contribution < -0.4 is 5.32 Å². The number of aliphatic hydroxyl groups is 1. The summed E-state index contributed by atoms with van der Waals surface area (Å²) in [6.07, 6.45) is 2.72. The molecule has 1 aliphatic carbocycles. The number of hydrogen-bond acceptors (Lipinski definition) is 5. The first kappa shape index (κ1) is 12.9. The summed E-state index contributed by atoms with van der Waals surface area (Å²) >= 11 is 0. The van der Waals surface area contributed by atoms with Crippen molar-refractivity contribution in [1.29, 1.82) is 0 Å². The number of hydrogen-bond donors (Lipinski definition) is 2. The summed E-state index contributed by atoms with van der Waals surface area (Å²) in [6.45, 7) is 0. The molecule has 6 heteroatoms. The van der Waals surface area contributed by atoms with Gasteiger partial charge in [-0.05, 0) is 25.7 Å². The molecule has 2 rings (SSSR count). The van der Waals surface area contributed by atoms with Crippen molar-refractivity contribution in [2.75, 3.05) is 14.2 Å². The first-order valence-corrected chi connectivity index (χ1v) is 5.91. The lowest BCUT2D eigenvalue weighted by Gasteiger charge is -2.36. The minimum absolute atomic E-state index is 0.141. The Bertz CT molecular complexity index is 407. The van der Waals surface area contributed by atoms with Gasteiger partial charge in [0.05, 0.1) is 18.8 Å². The molecule has 1 amide bonds. The molecule has 1 spiro atoms. The van der Waals surface area contributed by atoms with E-state index in [0.29, 0.717) is 12.8 Å². The van der Waals surface area contributed by atoms with Crippen LogP contribution in [0.5, 0.6) is 0 Å². The average Bonchev–Trinajstić information content (AvgIpc) is 2.61. The van der Waals surface area contributed by atoms with Crippen LogP contribution in [-0.2, 0) is 19.1 Å².